The predicted molar refractivity (Wildman–Crippen MR) is 202 cm³/mol. The third kappa shape index (κ3) is 12.4. The van der Waals surface area contributed by atoms with E-state index in [-0.39, 0.29) is 12.5 Å². The highest BCUT2D eigenvalue weighted by Crippen LogP contribution is 2.36. The Bertz CT molecular complexity index is 1520. The van der Waals surface area contributed by atoms with Crippen LogP contribution in [0.5, 0.6) is 17.2 Å². The Hall–Kier alpha value is -3.55. The fraction of sp³-hybridized carbons (Fsp3) is 0.548. The van der Waals surface area contributed by atoms with Crippen molar-refractivity contribution in [3.05, 3.63) is 66.7 Å². The molecule has 49 heavy (non-hydrogen) atoms. The summed E-state index contributed by atoms with van der Waals surface area (Å²) in [6, 6.07) is 21.4. The van der Waals surface area contributed by atoms with Gasteiger partial charge in [-0.05, 0) is 36.8 Å². The van der Waals surface area contributed by atoms with E-state index in [1.165, 1.54) is 83.5 Å². The lowest BCUT2D eigenvalue weighted by Crippen LogP contribution is -2.33. The minimum atomic E-state index is -0.707. The number of para-hydroxylation sites is 3. The summed E-state index contributed by atoms with van der Waals surface area (Å²) in [6.07, 6.45) is 19.4. The minimum absolute atomic E-state index is 0.123. The van der Waals surface area contributed by atoms with Crippen LogP contribution in [0.15, 0.2) is 66.7 Å². The quantitative estimate of drug-likeness (QED) is 0.0646. The first-order valence-corrected chi connectivity index (χ1v) is 19.0. The molecule has 1 heterocycles. The van der Waals surface area contributed by atoms with Crippen molar-refractivity contribution in [1.82, 2.24) is 9.88 Å². The fourth-order valence-corrected chi connectivity index (χ4v) is 6.62. The van der Waals surface area contributed by atoms with E-state index < -0.39 is 6.10 Å². The van der Waals surface area contributed by atoms with E-state index >= 15 is 0 Å². The molecule has 7 heteroatoms. The molecule has 0 radical (unpaired) electrons. The normalized spacial score (nSPS) is 12.1. The highest BCUT2D eigenvalue weighted by molar-refractivity contribution is 6.15. The molecule has 1 atom stereocenters. The number of rotatable bonds is 26. The second-order valence-corrected chi connectivity index (χ2v) is 13.3. The van der Waals surface area contributed by atoms with Crippen LogP contribution >= 0.6 is 0 Å². The van der Waals surface area contributed by atoms with E-state index in [4.69, 9.17) is 14.2 Å². The second-order valence-electron chi connectivity index (χ2n) is 13.3. The van der Waals surface area contributed by atoms with Gasteiger partial charge in [0, 0.05) is 24.9 Å². The molecule has 0 aliphatic rings. The molecule has 0 saturated carbocycles. The number of carbonyl (C=O) groups is 1. The lowest BCUT2D eigenvalue weighted by atomic mass is 10.0. The third-order valence-corrected chi connectivity index (χ3v) is 9.32. The van der Waals surface area contributed by atoms with Gasteiger partial charge in [-0.2, -0.15) is 0 Å². The molecule has 0 amide bonds. The van der Waals surface area contributed by atoms with Crippen molar-refractivity contribution in [2.24, 2.45) is 0 Å². The number of carbonyl (C=O) groups excluding carboxylic acids is 1. The molecule has 268 valence electrons. The van der Waals surface area contributed by atoms with Crippen molar-refractivity contribution in [2.75, 3.05) is 33.4 Å². The number of aliphatic hydroxyl groups is 1. The summed E-state index contributed by atoms with van der Waals surface area (Å²) in [7, 11) is 1.62. The van der Waals surface area contributed by atoms with Crippen molar-refractivity contribution < 1.29 is 24.1 Å². The molecule has 7 nitrogen and oxygen atoms in total. The standard InChI is InChI=1S/C42H60N2O5/c1-3-4-5-6-7-8-9-10-11-12-13-14-15-16-17-29-41(46)44-36-24-19-18-23-35(36)42-37(44)25-22-28-40(42)49-33-34(45)32-43-30-31-48-39-27-21-20-26-38(39)47-2/h18-28,34,43,45H,3-17,29-33H2,1-2H3. The average molecular weight is 673 g/mol. The number of nitrogens with zero attached hydrogens (tertiary/aromatic N) is 1. The number of methoxy groups -OCH3 is 1. The van der Waals surface area contributed by atoms with E-state index in [1.54, 1.807) is 7.11 Å². The Morgan fingerprint density at radius 2 is 1.27 bits per heavy atom. The molecule has 0 aliphatic carbocycles. The maximum atomic E-state index is 13.6. The zero-order valence-electron chi connectivity index (χ0n) is 30.1. The van der Waals surface area contributed by atoms with Gasteiger partial charge in [0.05, 0.1) is 23.5 Å². The minimum Gasteiger partial charge on any atom is -0.493 e. The van der Waals surface area contributed by atoms with E-state index in [2.05, 4.69) is 12.2 Å². The molecular formula is C42H60N2O5. The van der Waals surface area contributed by atoms with Crippen LogP contribution in [0.25, 0.3) is 21.8 Å². The molecule has 3 aromatic carbocycles. The number of hydrogen-bond donors (Lipinski definition) is 2. The van der Waals surface area contributed by atoms with Crippen molar-refractivity contribution in [1.29, 1.82) is 0 Å². The SMILES string of the molecule is CCCCCCCCCCCCCCCCCC(=O)n1c2ccccc2c2c(OCC(O)CNCCOc3ccccc3OC)cccc21. The number of aliphatic hydroxyl groups excluding tert-OH is 1. The van der Waals surface area contributed by atoms with Gasteiger partial charge in [-0.3, -0.25) is 9.36 Å². The Labute approximate surface area is 294 Å². The Balaban J connectivity index is 1.18. The Morgan fingerprint density at radius 3 is 1.94 bits per heavy atom. The summed E-state index contributed by atoms with van der Waals surface area (Å²) in [5, 5.41) is 15.8. The second kappa shape index (κ2) is 22.2. The smallest absolute Gasteiger partial charge is 0.231 e. The van der Waals surface area contributed by atoms with Gasteiger partial charge in [-0.25, -0.2) is 0 Å². The first-order chi connectivity index (χ1) is 24.1. The number of benzene rings is 3. The van der Waals surface area contributed by atoms with Crippen molar-refractivity contribution in [3.63, 3.8) is 0 Å². The summed E-state index contributed by atoms with van der Waals surface area (Å²) >= 11 is 0. The number of nitrogens with one attached hydrogen (secondary N) is 1. The van der Waals surface area contributed by atoms with Crippen molar-refractivity contribution >= 4 is 27.7 Å². The highest BCUT2D eigenvalue weighted by Gasteiger charge is 2.19. The van der Waals surface area contributed by atoms with Gasteiger partial charge >= 0.3 is 0 Å². The van der Waals surface area contributed by atoms with Crippen LogP contribution in [0.3, 0.4) is 0 Å². The number of aromatic nitrogens is 1. The van der Waals surface area contributed by atoms with Gasteiger partial charge in [-0.15, -0.1) is 0 Å². The maximum absolute atomic E-state index is 13.6. The first-order valence-electron chi connectivity index (χ1n) is 19.0. The summed E-state index contributed by atoms with van der Waals surface area (Å²) in [4.78, 5) is 13.6. The monoisotopic (exact) mass is 672 g/mol. The average Bonchev–Trinajstić information content (AvgIpc) is 3.47. The molecule has 4 rings (SSSR count). The Kier molecular flexibility index (Phi) is 17.4. The van der Waals surface area contributed by atoms with Gasteiger partial charge in [0.2, 0.25) is 5.91 Å². The summed E-state index contributed by atoms with van der Waals surface area (Å²) in [5.74, 6) is 2.18. The highest BCUT2D eigenvalue weighted by atomic mass is 16.5. The van der Waals surface area contributed by atoms with E-state index in [0.29, 0.717) is 43.4 Å². The van der Waals surface area contributed by atoms with Crippen LogP contribution in [0.2, 0.25) is 0 Å². The van der Waals surface area contributed by atoms with Crippen molar-refractivity contribution in [2.45, 2.75) is 116 Å². The fourth-order valence-electron chi connectivity index (χ4n) is 6.62. The first kappa shape index (κ1) is 38.3. The van der Waals surface area contributed by atoms with Gasteiger partial charge in [0.25, 0.3) is 0 Å². The van der Waals surface area contributed by atoms with Gasteiger partial charge in [-0.1, -0.05) is 133 Å². The molecule has 4 aromatic rings. The third-order valence-electron chi connectivity index (χ3n) is 9.32. The molecule has 0 spiro atoms. The van der Waals surface area contributed by atoms with E-state index in [1.807, 2.05) is 71.3 Å². The van der Waals surface area contributed by atoms with Crippen LogP contribution in [-0.4, -0.2) is 55.1 Å². The molecule has 0 saturated heterocycles. The van der Waals surface area contributed by atoms with Gasteiger partial charge in [0.15, 0.2) is 11.5 Å². The summed E-state index contributed by atoms with van der Waals surface area (Å²) < 4.78 is 19.1. The maximum Gasteiger partial charge on any atom is 0.231 e. The van der Waals surface area contributed by atoms with Crippen LogP contribution in [-0.2, 0) is 0 Å². The van der Waals surface area contributed by atoms with Crippen LogP contribution in [0.1, 0.15) is 114 Å². The van der Waals surface area contributed by atoms with Gasteiger partial charge in [0.1, 0.15) is 25.1 Å². The lowest BCUT2D eigenvalue weighted by Gasteiger charge is -2.15. The molecular weight excluding hydrogens is 612 g/mol. The Morgan fingerprint density at radius 1 is 0.694 bits per heavy atom. The molecule has 1 unspecified atom stereocenters. The summed E-state index contributed by atoms with van der Waals surface area (Å²) in [5.41, 5.74) is 1.75. The zero-order valence-corrected chi connectivity index (χ0v) is 30.1. The zero-order chi connectivity index (χ0) is 34.5. The summed E-state index contributed by atoms with van der Waals surface area (Å²) in [6.45, 7) is 3.79. The number of ether oxygens (including phenoxy) is 3. The molecule has 0 aliphatic heterocycles. The molecule has 0 bridgehead atoms. The molecule has 0 fully saturated rings. The van der Waals surface area contributed by atoms with Crippen molar-refractivity contribution in [3.8, 4) is 17.2 Å². The topological polar surface area (TPSA) is 82.0 Å². The number of unbranched alkanes of at least 4 members (excludes halogenated alkanes) is 14. The van der Waals surface area contributed by atoms with Crippen LogP contribution < -0.4 is 19.5 Å². The predicted octanol–water partition coefficient (Wildman–Crippen LogP) is 10.1. The van der Waals surface area contributed by atoms with Crippen LogP contribution in [0, 0.1) is 0 Å². The lowest BCUT2D eigenvalue weighted by molar-refractivity contribution is 0.0909. The van der Waals surface area contributed by atoms with Crippen LogP contribution in [0.4, 0.5) is 0 Å². The molecule has 2 N–H and O–H groups in total. The van der Waals surface area contributed by atoms with E-state index in [0.717, 1.165) is 34.6 Å². The van der Waals surface area contributed by atoms with Gasteiger partial charge < -0.3 is 24.6 Å². The largest absolute Gasteiger partial charge is 0.493 e. The number of fused-ring (bicyclic) bond motifs is 3. The number of hydrogen-bond acceptors (Lipinski definition) is 6. The van der Waals surface area contributed by atoms with E-state index in [9.17, 15) is 9.90 Å². The molecule has 1 aromatic heterocycles.